The number of nitrogens with one attached hydrogen (secondary N) is 2. The Hall–Kier alpha value is -2.05. The van der Waals surface area contributed by atoms with E-state index >= 15 is 0 Å². The lowest BCUT2D eigenvalue weighted by atomic mass is 9.95. The summed E-state index contributed by atoms with van der Waals surface area (Å²) in [7, 11) is 0. The summed E-state index contributed by atoms with van der Waals surface area (Å²) in [6.45, 7) is 3.08. The van der Waals surface area contributed by atoms with Crippen molar-refractivity contribution in [2.45, 2.75) is 25.2 Å². The molecule has 2 aromatic heterocycles. The highest BCUT2D eigenvalue weighted by molar-refractivity contribution is 6.31. The number of aromatic nitrogens is 3. The number of likely N-dealkylation sites (tertiary alicyclic amines) is 1. The lowest BCUT2D eigenvalue weighted by Crippen LogP contribution is -2.35. The van der Waals surface area contributed by atoms with Crippen molar-refractivity contribution in [2.24, 2.45) is 0 Å². The third-order valence-corrected chi connectivity index (χ3v) is 6.27. The summed E-state index contributed by atoms with van der Waals surface area (Å²) in [5.41, 5.74) is 3.18. The largest absolute Gasteiger partial charge is 0.361 e. The highest BCUT2D eigenvalue weighted by Gasteiger charge is 2.23. The van der Waals surface area contributed by atoms with Crippen LogP contribution in [0.2, 0.25) is 5.02 Å². The molecule has 8 heteroatoms. The zero-order valence-electron chi connectivity index (χ0n) is 16.9. The molecule has 31 heavy (non-hydrogen) atoms. The number of fused-ring (bicyclic) bond motifs is 2. The fraction of sp³-hybridized carbons (Fsp3) is 0.304. The van der Waals surface area contributed by atoms with Gasteiger partial charge in [-0.1, -0.05) is 29.8 Å². The van der Waals surface area contributed by atoms with E-state index in [0.29, 0.717) is 15.9 Å². The lowest BCUT2D eigenvalue weighted by molar-refractivity contribution is 0.211. The molecule has 0 bridgehead atoms. The van der Waals surface area contributed by atoms with Gasteiger partial charge in [0.1, 0.15) is 5.82 Å². The van der Waals surface area contributed by atoms with Gasteiger partial charge in [-0.05, 0) is 62.2 Å². The molecule has 5 nitrogen and oxygen atoms in total. The summed E-state index contributed by atoms with van der Waals surface area (Å²) in [4.78, 5) is 26.0. The Morgan fingerprint density at radius 3 is 2.65 bits per heavy atom. The number of hydrogen-bond donors (Lipinski definition) is 2. The van der Waals surface area contributed by atoms with Crippen molar-refractivity contribution in [1.82, 2.24) is 19.9 Å². The molecule has 2 N–H and O–H groups in total. The van der Waals surface area contributed by atoms with Crippen molar-refractivity contribution < 1.29 is 0 Å². The van der Waals surface area contributed by atoms with Crippen LogP contribution in [0.3, 0.4) is 0 Å². The number of hydrogen-bond acceptors (Lipinski definition) is 3. The molecule has 0 unspecified atom stereocenters. The highest BCUT2D eigenvalue weighted by atomic mass is 35.5. The van der Waals surface area contributed by atoms with Crippen LogP contribution < -0.4 is 5.56 Å². The van der Waals surface area contributed by atoms with E-state index < -0.39 is 0 Å². The van der Waals surface area contributed by atoms with Gasteiger partial charge in [0.05, 0.1) is 10.9 Å². The van der Waals surface area contributed by atoms with Crippen LogP contribution in [0, 0.1) is 0 Å². The second kappa shape index (κ2) is 10.0. The normalized spacial score (nSPS) is 15.0. The van der Waals surface area contributed by atoms with Crippen molar-refractivity contribution in [3.05, 3.63) is 75.4 Å². The van der Waals surface area contributed by atoms with Crippen molar-refractivity contribution in [2.75, 3.05) is 19.6 Å². The van der Waals surface area contributed by atoms with Crippen molar-refractivity contribution in [1.29, 1.82) is 0 Å². The average molecular weight is 480 g/mol. The van der Waals surface area contributed by atoms with Crippen LogP contribution in [-0.4, -0.2) is 39.5 Å². The van der Waals surface area contributed by atoms with Crippen LogP contribution in [0.4, 0.5) is 0 Å². The van der Waals surface area contributed by atoms with Gasteiger partial charge in [-0.2, -0.15) is 0 Å². The Morgan fingerprint density at radius 2 is 1.84 bits per heavy atom. The Labute approximate surface area is 198 Å². The molecular formula is C23H25Cl3N4O. The number of rotatable bonds is 4. The SMILES string of the molecule is Cl.Cl.O=c1[nH]c(C2CCN(CCc3c[nH]c4ccccc34)CC2)nc2cc(Cl)ccc12. The average Bonchev–Trinajstić information content (AvgIpc) is 3.15. The molecule has 164 valence electrons. The minimum absolute atomic E-state index is 0. The smallest absolute Gasteiger partial charge is 0.258 e. The first-order chi connectivity index (χ1) is 14.2. The zero-order chi connectivity index (χ0) is 19.8. The molecule has 1 aliphatic rings. The standard InChI is InChI=1S/C23H23ClN4O.2ClH/c24-17-5-6-19-21(13-17)26-22(27-23(19)29)15-7-10-28(11-8-15)12-9-16-14-25-20-4-2-1-3-18(16)20;;/h1-6,13-15,25H,7-12H2,(H,26,27,29);2*1H. The van der Waals surface area contributed by atoms with Crippen LogP contribution in [0.5, 0.6) is 0 Å². The molecule has 5 rings (SSSR count). The molecule has 0 saturated carbocycles. The summed E-state index contributed by atoms with van der Waals surface area (Å²) in [6, 6.07) is 13.7. The maximum absolute atomic E-state index is 12.4. The molecule has 2 aromatic carbocycles. The number of piperidine rings is 1. The summed E-state index contributed by atoms with van der Waals surface area (Å²) >= 11 is 6.08. The van der Waals surface area contributed by atoms with E-state index in [-0.39, 0.29) is 36.3 Å². The first-order valence-electron chi connectivity index (χ1n) is 10.1. The van der Waals surface area contributed by atoms with E-state index in [1.165, 1.54) is 16.5 Å². The minimum Gasteiger partial charge on any atom is -0.361 e. The second-order valence-electron chi connectivity index (χ2n) is 7.84. The molecule has 0 amide bonds. The number of benzene rings is 2. The van der Waals surface area contributed by atoms with E-state index in [1.807, 2.05) is 0 Å². The second-order valence-corrected chi connectivity index (χ2v) is 8.27. The highest BCUT2D eigenvalue weighted by Crippen LogP contribution is 2.27. The molecular weight excluding hydrogens is 455 g/mol. The number of para-hydroxylation sites is 1. The Balaban J connectivity index is 0.00000136. The molecule has 4 aromatic rings. The van der Waals surface area contributed by atoms with Crippen LogP contribution >= 0.6 is 36.4 Å². The Bertz CT molecular complexity index is 1230. The van der Waals surface area contributed by atoms with Crippen LogP contribution in [-0.2, 0) is 6.42 Å². The van der Waals surface area contributed by atoms with Crippen LogP contribution in [0.1, 0.15) is 30.1 Å². The number of halogens is 3. The van der Waals surface area contributed by atoms with Gasteiger partial charge < -0.3 is 14.9 Å². The predicted molar refractivity (Wildman–Crippen MR) is 132 cm³/mol. The maximum atomic E-state index is 12.4. The van der Waals surface area contributed by atoms with E-state index in [1.54, 1.807) is 18.2 Å². The summed E-state index contributed by atoms with van der Waals surface area (Å²) < 4.78 is 0. The quantitative estimate of drug-likeness (QED) is 0.416. The van der Waals surface area contributed by atoms with Gasteiger partial charge in [-0.25, -0.2) is 4.98 Å². The predicted octanol–water partition coefficient (Wildman–Crippen LogP) is 5.32. The minimum atomic E-state index is -0.0802. The molecule has 1 fully saturated rings. The number of nitrogens with zero attached hydrogens (tertiary/aromatic N) is 2. The van der Waals surface area contributed by atoms with Gasteiger partial charge in [0.2, 0.25) is 0 Å². The van der Waals surface area contributed by atoms with Crippen molar-refractivity contribution in [3.8, 4) is 0 Å². The Kier molecular flexibility index (Phi) is 7.65. The summed E-state index contributed by atoms with van der Waals surface area (Å²) in [5.74, 6) is 1.08. The molecule has 1 saturated heterocycles. The summed E-state index contributed by atoms with van der Waals surface area (Å²) in [5, 5.41) is 2.52. The van der Waals surface area contributed by atoms with Gasteiger partial charge in [0.15, 0.2) is 0 Å². The van der Waals surface area contributed by atoms with Crippen LogP contribution in [0.25, 0.3) is 21.8 Å². The fourth-order valence-corrected chi connectivity index (χ4v) is 4.54. The zero-order valence-corrected chi connectivity index (χ0v) is 19.3. The van der Waals surface area contributed by atoms with Gasteiger partial charge >= 0.3 is 0 Å². The molecule has 3 heterocycles. The van der Waals surface area contributed by atoms with Crippen molar-refractivity contribution >= 4 is 58.2 Å². The first-order valence-corrected chi connectivity index (χ1v) is 10.5. The monoisotopic (exact) mass is 478 g/mol. The van der Waals surface area contributed by atoms with E-state index in [4.69, 9.17) is 16.6 Å². The van der Waals surface area contributed by atoms with E-state index in [9.17, 15) is 4.79 Å². The molecule has 0 spiro atoms. The van der Waals surface area contributed by atoms with E-state index in [2.05, 4.69) is 45.3 Å². The lowest BCUT2D eigenvalue weighted by Gasteiger charge is -2.31. The molecule has 0 atom stereocenters. The Morgan fingerprint density at radius 1 is 1.06 bits per heavy atom. The molecule has 0 aliphatic carbocycles. The van der Waals surface area contributed by atoms with Crippen LogP contribution in [0.15, 0.2) is 53.5 Å². The number of H-pyrrole nitrogens is 2. The van der Waals surface area contributed by atoms with E-state index in [0.717, 1.165) is 44.7 Å². The topological polar surface area (TPSA) is 64.8 Å². The van der Waals surface area contributed by atoms with Gasteiger partial charge in [0.25, 0.3) is 5.56 Å². The molecule has 0 radical (unpaired) electrons. The third kappa shape index (κ3) is 4.90. The van der Waals surface area contributed by atoms with Gasteiger partial charge in [-0.15, -0.1) is 24.8 Å². The maximum Gasteiger partial charge on any atom is 0.258 e. The fourth-order valence-electron chi connectivity index (χ4n) is 4.37. The number of aromatic amines is 2. The molecule has 1 aliphatic heterocycles. The van der Waals surface area contributed by atoms with Gasteiger partial charge in [-0.3, -0.25) is 4.79 Å². The third-order valence-electron chi connectivity index (χ3n) is 6.03. The first kappa shape index (κ1) is 23.6. The van der Waals surface area contributed by atoms with Gasteiger partial charge in [0, 0.05) is 34.6 Å². The van der Waals surface area contributed by atoms with Crippen molar-refractivity contribution in [3.63, 3.8) is 0 Å². The summed E-state index contributed by atoms with van der Waals surface area (Å²) in [6.07, 6.45) is 5.18.